The van der Waals surface area contributed by atoms with Gasteiger partial charge in [-0.1, -0.05) is 83.1 Å². The molecular weight excluding hydrogens is 338 g/mol. The molecule has 1 nitrogen and oxygen atoms in total. The van der Waals surface area contributed by atoms with Gasteiger partial charge in [-0.2, -0.15) is 0 Å². The molecule has 0 saturated heterocycles. The maximum Gasteiger partial charge on any atom is 0.0461 e. The van der Waals surface area contributed by atoms with Crippen LogP contribution in [-0.2, 0) is 6.42 Å². The number of anilines is 3. The molecule has 0 bridgehead atoms. The van der Waals surface area contributed by atoms with Gasteiger partial charge in [0, 0.05) is 17.1 Å². The van der Waals surface area contributed by atoms with Gasteiger partial charge in [-0.15, -0.1) is 0 Å². The first-order valence-corrected chi connectivity index (χ1v) is 9.20. The van der Waals surface area contributed by atoms with Crippen LogP contribution in [-0.4, -0.2) is 0 Å². The third-order valence-corrected chi connectivity index (χ3v) is 4.60. The lowest BCUT2D eigenvalue weighted by Crippen LogP contribution is -2.10. The van der Waals surface area contributed by atoms with E-state index in [0.29, 0.717) is 0 Å². The number of aryl methyl sites for hydroxylation is 3. The van der Waals surface area contributed by atoms with Gasteiger partial charge in [0.05, 0.1) is 0 Å². The van der Waals surface area contributed by atoms with Gasteiger partial charge in [0.2, 0.25) is 0 Å². The Balaban J connectivity index is 0.00000243. The van der Waals surface area contributed by atoms with E-state index in [1.807, 2.05) is 0 Å². The van der Waals surface area contributed by atoms with Gasteiger partial charge < -0.3 is 4.90 Å². The minimum absolute atomic E-state index is 0. The topological polar surface area (TPSA) is 3.24 Å². The van der Waals surface area contributed by atoms with Crippen LogP contribution in [0.2, 0.25) is 0 Å². The van der Waals surface area contributed by atoms with Gasteiger partial charge in [-0.25, -0.2) is 0 Å². The number of rotatable bonds is 6. The molecule has 28 heavy (non-hydrogen) atoms. The van der Waals surface area contributed by atoms with Crippen molar-refractivity contribution in [3.63, 3.8) is 0 Å². The van der Waals surface area contributed by atoms with Gasteiger partial charge in [0.25, 0.3) is 0 Å². The first-order valence-electron chi connectivity index (χ1n) is 9.20. The Morgan fingerprint density at radius 2 is 0.929 bits per heavy atom. The molecule has 0 heterocycles. The van der Waals surface area contributed by atoms with Gasteiger partial charge in [-0.3, -0.25) is 0 Å². The van der Waals surface area contributed by atoms with E-state index in [9.17, 15) is 0 Å². The van der Waals surface area contributed by atoms with Crippen LogP contribution in [0.5, 0.6) is 0 Å². The number of nitrogens with zero attached hydrogens (tertiary/aromatic N) is 1. The van der Waals surface area contributed by atoms with Crippen LogP contribution in [0.25, 0.3) is 0 Å². The number of unbranched alkanes of at least 4 members (excludes halogenated alkanes) is 1. The van der Waals surface area contributed by atoms with Crippen molar-refractivity contribution in [3.8, 4) is 0 Å². The van der Waals surface area contributed by atoms with Crippen LogP contribution in [0.15, 0.2) is 72.8 Å². The minimum Gasteiger partial charge on any atom is -0.311 e. The molecule has 3 aromatic rings. The molecule has 0 aliphatic rings. The maximum absolute atomic E-state index is 2.32. The van der Waals surface area contributed by atoms with Crippen molar-refractivity contribution >= 4 is 17.1 Å². The highest BCUT2D eigenvalue weighted by Gasteiger charge is 2.12. The largest absolute Gasteiger partial charge is 0.311 e. The summed E-state index contributed by atoms with van der Waals surface area (Å²) < 4.78 is 0. The van der Waals surface area contributed by atoms with Crippen LogP contribution in [0.3, 0.4) is 0 Å². The van der Waals surface area contributed by atoms with Crippen LogP contribution in [0.4, 0.5) is 17.1 Å². The van der Waals surface area contributed by atoms with Crippen LogP contribution < -0.4 is 4.90 Å². The average molecular weight is 378 g/mol. The second kappa shape index (κ2) is 12.0. The summed E-state index contributed by atoms with van der Waals surface area (Å²) in [5.41, 5.74) is 7.56. The number of hydrogen-bond acceptors (Lipinski definition) is 1. The molecule has 152 valence electrons. The Labute approximate surface area is 174 Å². The summed E-state index contributed by atoms with van der Waals surface area (Å²) in [5, 5.41) is 0. The second-order valence-corrected chi connectivity index (χ2v) is 6.78. The molecule has 3 aromatic carbocycles. The van der Waals surface area contributed by atoms with Crippen LogP contribution in [0.1, 0.15) is 58.7 Å². The highest BCUT2D eigenvalue weighted by molar-refractivity contribution is 5.76. The van der Waals surface area contributed by atoms with Crippen molar-refractivity contribution in [3.05, 3.63) is 89.5 Å². The molecule has 0 aliphatic heterocycles. The quantitative estimate of drug-likeness (QED) is 0.414. The molecule has 0 spiro atoms. The van der Waals surface area contributed by atoms with Crippen LogP contribution >= 0.6 is 0 Å². The Kier molecular flexibility index (Phi) is 10.9. The molecule has 0 saturated carbocycles. The van der Waals surface area contributed by atoms with Gasteiger partial charge in [0.15, 0.2) is 0 Å². The molecule has 0 fully saturated rings. The fourth-order valence-electron chi connectivity index (χ4n) is 3.03. The second-order valence-electron chi connectivity index (χ2n) is 6.78. The van der Waals surface area contributed by atoms with E-state index < -0.39 is 0 Å². The van der Waals surface area contributed by atoms with Gasteiger partial charge >= 0.3 is 0 Å². The van der Waals surface area contributed by atoms with E-state index in [1.54, 1.807) is 0 Å². The minimum atomic E-state index is 0. The summed E-state index contributed by atoms with van der Waals surface area (Å²) in [5.74, 6) is 0. The molecule has 0 aliphatic carbocycles. The molecule has 0 atom stereocenters. The predicted octanol–water partition coefficient (Wildman–Crippen LogP) is 9.02. The summed E-state index contributed by atoms with van der Waals surface area (Å²) in [7, 11) is 0. The highest BCUT2D eigenvalue weighted by atomic mass is 15.1. The standard InChI is InChI=1S/C24H27N.3CH4/c1-4-5-6-21-11-17-24(18-12-21)25(22-13-7-19(2)8-14-22)23-15-9-20(3)10-16-23;;;/h7-18H,4-6H2,1-3H3;3*1H4. The molecule has 0 unspecified atom stereocenters. The van der Waals surface area contributed by atoms with Crippen molar-refractivity contribution in [1.29, 1.82) is 0 Å². The molecular formula is C27H39N. The zero-order valence-corrected chi connectivity index (χ0v) is 15.5. The summed E-state index contributed by atoms with van der Waals surface area (Å²) in [6, 6.07) is 26.5. The van der Waals surface area contributed by atoms with Crippen molar-refractivity contribution in [1.82, 2.24) is 0 Å². The molecule has 1 heteroatoms. The van der Waals surface area contributed by atoms with Crippen LogP contribution in [0, 0.1) is 13.8 Å². The fraction of sp³-hybridized carbons (Fsp3) is 0.333. The Hall–Kier alpha value is -2.54. The smallest absolute Gasteiger partial charge is 0.0461 e. The van der Waals surface area contributed by atoms with E-state index in [-0.39, 0.29) is 22.3 Å². The van der Waals surface area contributed by atoms with Crippen molar-refractivity contribution in [2.45, 2.75) is 62.3 Å². The maximum atomic E-state index is 2.32. The average Bonchev–Trinajstić information content (AvgIpc) is 2.64. The molecule has 0 N–H and O–H groups in total. The first-order chi connectivity index (χ1) is 12.2. The summed E-state index contributed by atoms with van der Waals surface area (Å²) >= 11 is 0. The van der Waals surface area contributed by atoms with E-state index in [1.165, 1.54) is 46.6 Å². The van der Waals surface area contributed by atoms with Crippen molar-refractivity contribution < 1.29 is 0 Å². The monoisotopic (exact) mass is 377 g/mol. The lowest BCUT2D eigenvalue weighted by Gasteiger charge is -2.26. The molecule has 0 radical (unpaired) electrons. The normalized spacial score (nSPS) is 9.54. The highest BCUT2D eigenvalue weighted by Crippen LogP contribution is 2.34. The van der Waals surface area contributed by atoms with Gasteiger partial charge in [-0.05, 0) is 68.7 Å². The summed E-state index contributed by atoms with van der Waals surface area (Å²) in [6.07, 6.45) is 3.64. The third kappa shape index (κ3) is 6.27. The van der Waals surface area contributed by atoms with E-state index >= 15 is 0 Å². The summed E-state index contributed by atoms with van der Waals surface area (Å²) in [6.45, 7) is 6.50. The first kappa shape index (κ1) is 25.5. The predicted molar refractivity (Wildman–Crippen MR) is 129 cm³/mol. The fourth-order valence-corrected chi connectivity index (χ4v) is 3.03. The SMILES string of the molecule is C.C.C.CCCCc1ccc(N(c2ccc(C)cc2)c2ccc(C)cc2)cc1. The Bertz CT molecular complexity index is 738. The number of benzene rings is 3. The van der Waals surface area contributed by atoms with E-state index in [0.717, 1.165) is 6.42 Å². The van der Waals surface area contributed by atoms with Gasteiger partial charge in [0.1, 0.15) is 0 Å². The third-order valence-electron chi connectivity index (χ3n) is 4.60. The molecule has 3 rings (SSSR count). The van der Waals surface area contributed by atoms with E-state index in [2.05, 4.69) is 98.5 Å². The molecule has 0 amide bonds. The molecule has 0 aromatic heterocycles. The van der Waals surface area contributed by atoms with Crippen molar-refractivity contribution in [2.75, 3.05) is 4.90 Å². The number of hydrogen-bond donors (Lipinski definition) is 0. The lowest BCUT2D eigenvalue weighted by molar-refractivity contribution is 0.795. The Morgan fingerprint density at radius 1 is 0.571 bits per heavy atom. The Morgan fingerprint density at radius 3 is 1.29 bits per heavy atom. The van der Waals surface area contributed by atoms with E-state index in [4.69, 9.17) is 0 Å². The summed E-state index contributed by atoms with van der Waals surface area (Å²) in [4.78, 5) is 2.32. The van der Waals surface area contributed by atoms with Crippen molar-refractivity contribution in [2.24, 2.45) is 0 Å². The lowest BCUT2D eigenvalue weighted by atomic mass is 10.1. The zero-order chi connectivity index (χ0) is 17.6. The zero-order valence-electron chi connectivity index (χ0n) is 15.5.